The van der Waals surface area contributed by atoms with Gasteiger partial charge in [0.05, 0.1) is 0 Å². The Morgan fingerprint density at radius 3 is 2.41 bits per heavy atom. The largest absolute Gasteiger partial charge is 0.357 e. The fourth-order valence-corrected chi connectivity index (χ4v) is 3.48. The predicted molar refractivity (Wildman–Crippen MR) is 118 cm³/mol. The van der Waals surface area contributed by atoms with Crippen molar-refractivity contribution in [3.63, 3.8) is 0 Å². The first-order valence-electron chi connectivity index (χ1n) is 9.27. The number of halogens is 1. The summed E-state index contributed by atoms with van der Waals surface area (Å²) in [5.74, 6) is 0.874. The van der Waals surface area contributed by atoms with Crippen molar-refractivity contribution in [3.8, 4) is 0 Å². The predicted octanol–water partition coefficient (Wildman–Crippen LogP) is 1.32. The van der Waals surface area contributed by atoms with Gasteiger partial charge in [-0.15, -0.1) is 24.0 Å². The number of para-hydroxylation sites is 1. The first-order valence-corrected chi connectivity index (χ1v) is 9.27. The van der Waals surface area contributed by atoms with Crippen molar-refractivity contribution < 1.29 is 9.59 Å². The number of nitrogens with zero attached hydrogens (tertiary/aromatic N) is 4. The molecule has 1 N–H and O–H groups in total. The highest BCUT2D eigenvalue weighted by molar-refractivity contribution is 14.0. The van der Waals surface area contributed by atoms with Crippen LogP contribution in [0.25, 0.3) is 0 Å². The Morgan fingerprint density at radius 2 is 1.74 bits per heavy atom. The lowest BCUT2D eigenvalue weighted by molar-refractivity contribution is -0.130. The van der Waals surface area contributed by atoms with Gasteiger partial charge in [-0.25, -0.2) is 4.99 Å². The average Bonchev–Trinajstić information content (AvgIpc) is 3.09. The van der Waals surface area contributed by atoms with Gasteiger partial charge in [-0.2, -0.15) is 0 Å². The summed E-state index contributed by atoms with van der Waals surface area (Å²) in [6.45, 7) is 8.04. The molecule has 0 saturated carbocycles. The summed E-state index contributed by atoms with van der Waals surface area (Å²) in [6, 6.07) is 8.04. The number of guanidine groups is 1. The summed E-state index contributed by atoms with van der Waals surface area (Å²) in [7, 11) is 0. The van der Waals surface area contributed by atoms with Crippen LogP contribution in [0, 0.1) is 0 Å². The molecule has 0 spiro atoms. The van der Waals surface area contributed by atoms with Crippen molar-refractivity contribution >= 4 is 47.4 Å². The van der Waals surface area contributed by atoms with Crippen molar-refractivity contribution in [2.24, 2.45) is 4.99 Å². The van der Waals surface area contributed by atoms with Crippen molar-refractivity contribution in [3.05, 3.63) is 29.8 Å². The van der Waals surface area contributed by atoms with E-state index in [0.29, 0.717) is 13.1 Å². The number of nitrogens with one attached hydrogen (secondary N) is 1. The molecule has 3 rings (SSSR count). The maximum atomic E-state index is 12.7. The molecule has 2 aliphatic rings. The first kappa shape index (κ1) is 21.5. The van der Waals surface area contributed by atoms with Gasteiger partial charge in [0.25, 0.3) is 0 Å². The third kappa shape index (κ3) is 5.12. The fourth-order valence-electron chi connectivity index (χ4n) is 3.48. The molecule has 0 aliphatic carbocycles. The minimum absolute atomic E-state index is 0. The van der Waals surface area contributed by atoms with Gasteiger partial charge < -0.3 is 20.0 Å². The van der Waals surface area contributed by atoms with E-state index in [1.165, 1.54) is 5.56 Å². The average molecular weight is 485 g/mol. The molecule has 1 aromatic carbocycles. The van der Waals surface area contributed by atoms with E-state index in [1.807, 2.05) is 34.9 Å². The van der Waals surface area contributed by atoms with Crippen LogP contribution in [-0.2, 0) is 16.0 Å². The molecule has 1 aromatic rings. The van der Waals surface area contributed by atoms with Crippen molar-refractivity contribution in [2.75, 3.05) is 50.7 Å². The highest BCUT2D eigenvalue weighted by Crippen LogP contribution is 2.27. The molecule has 1 saturated heterocycles. The quantitative estimate of drug-likeness (QED) is 0.399. The number of rotatable bonds is 3. The van der Waals surface area contributed by atoms with Crippen LogP contribution in [0.3, 0.4) is 0 Å². The van der Waals surface area contributed by atoms with E-state index in [9.17, 15) is 9.59 Å². The second-order valence-electron chi connectivity index (χ2n) is 6.59. The summed E-state index contributed by atoms with van der Waals surface area (Å²) < 4.78 is 0. The summed E-state index contributed by atoms with van der Waals surface area (Å²) in [5.41, 5.74) is 2.23. The molecule has 2 aliphatic heterocycles. The Labute approximate surface area is 177 Å². The summed E-state index contributed by atoms with van der Waals surface area (Å²) >= 11 is 0. The molecular formula is C19H28IN5O2. The Hall–Kier alpha value is -1.84. The maximum absolute atomic E-state index is 12.7. The number of benzene rings is 1. The second kappa shape index (κ2) is 9.91. The van der Waals surface area contributed by atoms with Crippen LogP contribution in [-0.4, -0.2) is 73.4 Å². The van der Waals surface area contributed by atoms with E-state index in [4.69, 9.17) is 0 Å². The topological polar surface area (TPSA) is 68.2 Å². The molecule has 7 nitrogen and oxygen atoms in total. The van der Waals surface area contributed by atoms with Gasteiger partial charge in [0, 0.05) is 51.9 Å². The SMILES string of the molecule is CCNC(=NCC(=O)N1CCc2ccccc21)N1CCN(C(C)=O)CC1.I. The molecule has 0 atom stereocenters. The Bertz CT molecular complexity index is 701. The lowest BCUT2D eigenvalue weighted by atomic mass is 10.2. The minimum Gasteiger partial charge on any atom is -0.357 e. The van der Waals surface area contributed by atoms with E-state index in [-0.39, 0.29) is 42.3 Å². The monoisotopic (exact) mass is 485 g/mol. The first-order chi connectivity index (χ1) is 12.6. The van der Waals surface area contributed by atoms with Crippen LogP contribution >= 0.6 is 24.0 Å². The lowest BCUT2D eigenvalue weighted by Crippen LogP contribution is -2.53. The zero-order valence-electron chi connectivity index (χ0n) is 16.0. The van der Waals surface area contributed by atoms with Crippen molar-refractivity contribution in [1.82, 2.24) is 15.1 Å². The minimum atomic E-state index is 0. The molecule has 8 heteroatoms. The summed E-state index contributed by atoms with van der Waals surface area (Å²) in [4.78, 5) is 34.5. The van der Waals surface area contributed by atoms with Crippen LogP contribution in [0.5, 0.6) is 0 Å². The lowest BCUT2D eigenvalue weighted by Gasteiger charge is -2.36. The molecule has 2 amide bonds. The van der Waals surface area contributed by atoms with Gasteiger partial charge in [0.15, 0.2) is 5.96 Å². The number of carbonyl (C=O) groups is 2. The normalized spacial score (nSPS) is 16.7. The van der Waals surface area contributed by atoms with E-state index >= 15 is 0 Å². The number of carbonyl (C=O) groups excluding carboxylic acids is 2. The Kier molecular flexibility index (Phi) is 7.88. The number of hydrogen-bond acceptors (Lipinski definition) is 3. The maximum Gasteiger partial charge on any atom is 0.248 e. The van der Waals surface area contributed by atoms with Crippen LogP contribution in [0.15, 0.2) is 29.3 Å². The third-order valence-electron chi connectivity index (χ3n) is 4.91. The van der Waals surface area contributed by atoms with E-state index in [0.717, 1.165) is 44.2 Å². The highest BCUT2D eigenvalue weighted by atomic mass is 127. The number of hydrogen-bond donors (Lipinski definition) is 1. The third-order valence-corrected chi connectivity index (χ3v) is 4.91. The van der Waals surface area contributed by atoms with Gasteiger partial charge >= 0.3 is 0 Å². The summed E-state index contributed by atoms with van der Waals surface area (Å²) in [6.07, 6.45) is 0.901. The molecular weight excluding hydrogens is 457 g/mol. The van der Waals surface area contributed by atoms with Gasteiger partial charge in [0.1, 0.15) is 6.54 Å². The van der Waals surface area contributed by atoms with Crippen LogP contribution < -0.4 is 10.2 Å². The van der Waals surface area contributed by atoms with Gasteiger partial charge in [0.2, 0.25) is 11.8 Å². The Morgan fingerprint density at radius 1 is 1.07 bits per heavy atom. The standard InChI is InChI=1S/C19H27N5O2.HI/c1-3-20-19(23-12-10-22(11-13-23)15(2)25)21-14-18(26)24-9-8-16-6-4-5-7-17(16)24;/h4-7H,3,8-14H2,1-2H3,(H,20,21);1H. The van der Waals surface area contributed by atoms with Crippen molar-refractivity contribution in [2.45, 2.75) is 20.3 Å². The molecule has 0 radical (unpaired) electrons. The van der Waals surface area contributed by atoms with Gasteiger partial charge in [-0.05, 0) is 25.0 Å². The Balaban J connectivity index is 0.00000261. The highest BCUT2D eigenvalue weighted by Gasteiger charge is 2.25. The van der Waals surface area contributed by atoms with Gasteiger partial charge in [-0.1, -0.05) is 18.2 Å². The fraction of sp³-hybridized carbons (Fsp3) is 0.526. The van der Waals surface area contributed by atoms with Crippen molar-refractivity contribution in [1.29, 1.82) is 0 Å². The zero-order valence-corrected chi connectivity index (χ0v) is 18.3. The number of amides is 2. The number of aliphatic imine (C=N–C) groups is 1. The molecule has 2 heterocycles. The smallest absolute Gasteiger partial charge is 0.248 e. The van der Waals surface area contributed by atoms with Crippen LogP contribution in [0.4, 0.5) is 5.69 Å². The van der Waals surface area contributed by atoms with Gasteiger partial charge in [-0.3, -0.25) is 9.59 Å². The summed E-state index contributed by atoms with van der Waals surface area (Å²) in [5, 5.41) is 3.26. The number of fused-ring (bicyclic) bond motifs is 1. The second-order valence-corrected chi connectivity index (χ2v) is 6.59. The number of anilines is 1. The zero-order chi connectivity index (χ0) is 18.5. The number of piperazine rings is 1. The molecule has 0 bridgehead atoms. The molecule has 27 heavy (non-hydrogen) atoms. The molecule has 1 fully saturated rings. The van der Waals surface area contributed by atoms with E-state index in [1.54, 1.807) is 6.92 Å². The van der Waals surface area contributed by atoms with Crippen LogP contribution in [0.1, 0.15) is 19.4 Å². The van der Waals surface area contributed by atoms with Crippen LogP contribution in [0.2, 0.25) is 0 Å². The molecule has 0 aromatic heterocycles. The molecule has 0 unspecified atom stereocenters. The van der Waals surface area contributed by atoms with E-state index < -0.39 is 0 Å². The van der Waals surface area contributed by atoms with E-state index in [2.05, 4.69) is 21.3 Å². The molecule has 148 valence electrons.